The molecular weight excluding hydrogens is 278 g/mol. The fraction of sp³-hybridized carbons (Fsp3) is 0.412. The number of hydrogen-bond donors (Lipinski definition) is 1. The van der Waals surface area contributed by atoms with Crippen molar-refractivity contribution in [1.29, 1.82) is 0 Å². The second kappa shape index (κ2) is 5.83. The highest BCUT2D eigenvalue weighted by atomic mass is 16.3. The molecule has 0 bridgehead atoms. The second-order valence-corrected chi connectivity index (χ2v) is 6.01. The largest absolute Gasteiger partial charge is 0.448 e. The van der Waals surface area contributed by atoms with Crippen LogP contribution in [0, 0.1) is 0 Å². The lowest BCUT2D eigenvalue weighted by Gasteiger charge is -2.32. The number of amides is 1. The molecule has 1 aliphatic heterocycles. The van der Waals surface area contributed by atoms with E-state index in [4.69, 9.17) is 10.2 Å². The average Bonchev–Trinajstić information content (AvgIpc) is 2.95. The summed E-state index contributed by atoms with van der Waals surface area (Å²) < 4.78 is 5.51. The van der Waals surface area contributed by atoms with Crippen molar-refractivity contribution in [2.75, 3.05) is 11.4 Å². The second-order valence-electron chi connectivity index (χ2n) is 6.01. The maximum Gasteiger partial charge on any atom is 0.249 e. The molecule has 1 aromatic carbocycles. The van der Waals surface area contributed by atoms with E-state index in [0.717, 1.165) is 42.1 Å². The third-order valence-electron chi connectivity index (χ3n) is 4.15. The molecule has 116 valence electrons. The maximum absolute atomic E-state index is 11.6. The van der Waals surface area contributed by atoms with E-state index in [1.165, 1.54) is 6.39 Å². The summed E-state index contributed by atoms with van der Waals surface area (Å²) in [5.74, 6) is 0.875. The van der Waals surface area contributed by atoms with Crippen LogP contribution in [-0.2, 0) is 13.0 Å². The number of nitrogens with two attached hydrogens (primary N) is 1. The molecule has 0 unspecified atom stereocenters. The highest BCUT2D eigenvalue weighted by Gasteiger charge is 2.23. The predicted octanol–water partition coefficient (Wildman–Crippen LogP) is 2.85. The normalized spacial score (nSPS) is 14.2. The van der Waals surface area contributed by atoms with E-state index in [2.05, 4.69) is 29.8 Å². The van der Waals surface area contributed by atoms with Crippen molar-refractivity contribution in [3.63, 3.8) is 0 Å². The monoisotopic (exact) mass is 299 g/mol. The Labute approximate surface area is 130 Å². The summed E-state index contributed by atoms with van der Waals surface area (Å²) in [6.07, 6.45) is 3.41. The zero-order valence-electron chi connectivity index (χ0n) is 13.0. The van der Waals surface area contributed by atoms with Crippen molar-refractivity contribution in [2.45, 2.75) is 39.2 Å². The molecular formula is C17H21N3O2. The van der Waals surface area contributed by atoms with Crippen LogP contribution < -0.4 is 10.6 Å². The minimum absolute atomic E-state index is 0.304. The molecule has 0 atom stereocenters. The highest BCUT2D eigenvalue weighted by molar-refractivity contribution is 5.96. The Balaban J connectivity index is 1.94. The van der Waals surface area contributed by atoms with E-state index in [1.54, 1.807) is 6.07 Å². The smallest absolute Gasteiger partial charge is 0.249 e. The summed E-state index contributed by atoms with van der Waals surface area (Å²) in [6.45, 7) is 5.83. The Morgan fingerprint density at radius 2 is 2.27 bits per heavy atom. The molecule has 2 heterocycles. The molecule has 1 aromatic heterocycles. The summed E-state index contributed by atoms with van der Waals surface area (Å²) in [6, 6.07) is 5.75. The van der Waals surface area contributed by atoms with Gasteiger partial charge in [-0.3, -0.25) is 4.79 Å². The number of oxazole rings is 1. The molecule has 0 fully saturated rings. The van der Waals surface area contributed by atoms with Crippen LogP contribution in [0.5, 0.6) is 0 Å². The first kappa shape index (κ1) is 14.6. The molecule has 5 nitrogen and oxygen atoms in total. The van der Waals surface area contributed by atoms with Gasteiger partial charge in [0.05, 0.1) is 6.54 Å². The topological polar surface area (TPSA) is 72.4 Å². The van der Waals surface area contributed by atoms with E-state index in [9.17, 15) is 4.79 Å². The summed E-state index contributed by atoms with van der Waals surface area (Å²) in [5.41, 5.74) is 9.23. The molecule has 1 aliphatic rings. The number of rotatable bonds is 4. The first-order chi connectivity index (χ1) is 10.6. The number of fused-ring (bicyclic) bond motifs is 1. The maximum atomic E-state index is 11.6. The van der Waals surface area contributed by atoms with E-state index in [0.29, 0.717) is 18.0 Å². The van der Waals surface area contributed by atoms with Crippen LogP contribution in [-0.4, -0.2) is 17.4 Å². The highest BCUT2D eigenvalue weighted by Crippen LogP contribution is 2.31. The summed E-state index contributed by atoms with van der Waals surface area (Å²) in [5, 5.41) is 0. The lowest BCUT2D eigenvalue weighted by Crippen LogP contribution is -2.31. The van der Waals surface area contributed by atoms with Crippen molar-refractivity contribution in [3.8, 4) is 0 Å². The van der Waals surface area contributed by atoms with Gasteiger partial charge in [0, 0.05) is 23.7 Å². The molecule has 0 aliphatic carbocycles. The Morgan fingerprint density at radius 1 is 1.45 bits per heavy atom. The number of carbonyl (C=O) groups excluding carboxylic acids is 1. The predicted molar refractivity (Wildman–Crippen MR) is 84.9 cm³/mol. The Hall–Kier alpha value is -2.30. The van der Waals surface area contributed by atoms with Crippen molar-refractivity contribution in [2.24, 2.45) is 5.73 Å². The third-order valence-corrected chi connectivity index (χ3v) is 4.15. The number of aromatic nitrogens is 1. The Kier molecular flexibility index (Phi) is 3.88. The van der Waals surface area contributed by atoms with Crippen LogP contribution >= 0.6 is 0 Å². The minimum atomic E-state index is -0.358. The molecule has 0 spiro atoms. The fourth-order valence-corrected chi connectivity index (χ4v) is 3.14. The lowest BCUT2D eigenvalue weighted by molar-refractivity contribution is 0.0999. The Bertz CT molecular complexity index is 691. The van der Waals surface area contributed by atoms with Crippen LogP contribution in [0.4, 0.5) is 5.69 Å². The standard InChI is InChI=1S/C17H21N3O2/c1-11(2)16-14(19-10-22-16)9-20-8-4-6-12-13(17(18)21)5-3-7-15(12)20/h3,5,7,10-11H,4,6,8-9H2,1-2H3,(H2,18,21). The van der Waals surface area contributed by atoms with Crippen LogP contribution in [0.15, 0.2) is 29.0 Å². The molecule has 0 radical (unpaired) electrons. The van der Waals surface area contributed by atoms with Crippen LogP contribution in [0.25, 0.3) is 0 Å². The van der Waals surface area contributed by atoms with Crippen LogP contribution in [0.1, 0.15) is 53.6 Å². The molecule has 1 amide bonds. The van der Waals surface area contributed by atoms with Gasteiger partial charge >= 0.3 is 0 Å². The van der Waals surface area contributed by atoms with Gasteiger partial charge in [-0.25, -0.2) is 4.98 Å². The van der Waals surface area contributed by atoms with Gasteiger partial charge in [0.2, 0.25) is 5.91 Å². The van der Waals surface area contributed by atoms with Crippen LogP contribution in [0.3, 0.4) is 0 Å². The van der Waals surface area contributed by atoms with Gasteiger partial charge in [0.25, 0.3) is 0 Å². The molecule has 3 rings (SSSR count). The Morgan fingerprint density at radius 3 is 3.00 bits per heavy atom. The minimum Gasteiger partial charge on any atom is -0.448 e. The number of primary amides is 1. The number of benzene rings is 1. The van der Waals surface area contributed by atoms with Gasteiger partial charge in [-0.1, -0.05) is 19.9 Å². The zero-order valence-corrected chi connectivity index (χ0v) is 13.0. The number of carbonyl (C=O) groups is 1. The van der Waals surface area contributed by atoms with E-state index >= 15 is 0 Å². The van der Waals surface area contributed by atoms with Gasteiger partial charge in [0.15, 0.2) is 6.39 Å². The van der Waals surface area contributed by atoms with Gasteiger partial charge in [-0.15, -0.1) is 0 Å². The SMILES string of the molecule is CC(C)c1ocnc1CN1CCCc2c(C(N)=O)cccc21. The van der Waals surface area contributed by atoms with E-state index in [-0.39, 0.29) is 5.91 Å². The average molecular weight is 299 g/mol. The first-order valence-electron chi connectivity index (χ1n) is 7.66. The van der Waals surface area contributed by atoms with E-state index < -0.39 is 0 Å². The third kappa shape index (κ3) is 2.58. The zero-order chi connectivity index (χ0) is 15.7. The molecule has 2 N–H and O–H groups in total. The number of hydrogen-bond acceptors (Lipinski definition) is 4. The van der Waals surface area contributed by atoms with Crippen molar-refractivity contribution in [3.05, 3.63) is 47.2 Å². The lowest BCUT2D eigenvalue weighted by atomic mass is 9.95. The first-order valence-corrected chi connectivity index (χ1v) is 7.66. The van der Waals surface area contributed by atoms with Crippen molar-refractivity contribution < 1.29 is 9.21 Å². The van der Waals surface area contributed by atoms with Crippen LogP contribution in [0.2, 0.25) is 0 Å². The molecule has 0 saturated heterocycles. The van der Waals surface area contributed by atoms with Gasteiger partial charge in [-0.05, 0) is 30.5 Å². The van der Waals surface area contributed by atoms with Crippen molar-refractivity contribution >= 4 is 11.6 Å². The van der Waals surface area contributed by atoms with Gasteiger partial charge < -0.3 is 15.1 Å². The molecule has 22 heavy (non-hydrogen) atoms. The summed E-state index contributed by atoms with van der Waals surface area (Å²) in [4.78, 5) is 18.2. The van der Waals surface area contributed by atoms with E-state index in [1.807, 2.05) is 6.07 Å². The van der Waals surface area contributed by atoms with Gasteiger partial charge in [0.1, 0.15) is 11.5 Å². The molecule has 5 heteroatoms. The fourth-order valence-electron chi connectivity index (χ4n) is 3.14. The number of anilines is 1. The summed E-state index contributed by atoms with van der Waals surface area (Å²) in [7, 11) is 0. The summed E-state index contributed by atoms with van der Waals surface area (Å²) >= 11 is 0. The quantitative estimate of drug-likeness (QED) is 0.942. The number of nitrogens with zero attached hydrogens (tertiary/aromatic N) is 2. The van der Waals surface area contributed by atoms with Gasteiger partial charge in [-0.2, -0.15) is 0 Å². The molecule has 2 aromatic rings. The molecule has 0 saturated carbocycles. The van der Waals surface area contributed by atoms with Crippen molar-refractivity contribution in [1.82, 2.24) is 4.98 Å².